The molecule has 0 aromatic carbocycles. The van der Waals surface area contributed by atoms with Gasteiger partial charge in [-0.2, -0.15) is 10.2 Å². The summed E-state index contributed by atoms with van der Waals surface area (Å²) in [6, 6.07) is 1.95. The van der Waals surface area contributed by atoms with Gasteiger partial charge in [-0.25, -0.2) is 0 Å². The molecule has 0 saturated heterocycles. The van der Waals surface area contributed by atoms with Crippen LogP contribution < -0.4 is 0 Å². The highest BCUT2D eigenvalue weighted by molar-refractivity contribution is 5.49. The third-order valence-electron chi connectivity index (χ3n) is 1.52. The lowest BCUT2D eigenvalue weighted by atomic mass is 10.2. The van der Waals surface area contributed by atoms with Gasteiger partial charge in [0.25, 0.3) is 0 Å². The summed E-state index contributed by atoms with van der Waals surface area (Å²) in [5, 5.41) is 7.78. The number of hydrogen-bond acceptors (Lipinski definition) is 2. The second kappa shape index (κ2) is 4.44. The Morgan fingerprint density at radius 2 is 2.17 bits per heavy atom. The zero-order chi connectivity index (χ0) is 8.81. The minimum absolute atomic E-state index is 0.926. The van der Waals surface area contributed by atoms with Gasteiger partial charge in [0.1, 0.15) is 0 Å². The van der Waals surface area contributed by atoms with Gasteiger partial charge in [0, 0.05) is 6.20 Å². The Kier molecular flexibility index (Phi) is 3.20. The molecule has 0 aliphatic carbocycles. The van der Waals surface area contributed by atoms with Gasteiger partial charge in [0.05, 0.1) is 5.69 Å². The highest BCUT2D eigenvalue weighted by atomic mass is 15.1. The van der Waals surface area contributed by atoms with Crippen molar-refractivity contribution in [3.8, 4) is 0 Å². The summed E-state index contributed by atoms with van der Waals surface area (Å²) in [4.78, 5) is 0. The van der Waals surface area contributed by atoms with Crippen LogP contribution in [0.2, 0.25) is 0 Å². The number of aromatic nitrogens is 2. The van der Waals surface area contributed by atoms with E-state index in [4.69, 9.17) is 0 Å². The summed E-state index contributed by atoms with van der Waals surface area (Å²) in [7, 11) is 0. The zero-order valence-corrected chi connectivity index (χ0v) is 7.36. The first kappa shape index (κ1) is 8.65. The van der Waals surface area contributed by atoms with Gasteiger partial charge >= 0.3 is 0 Å². The molecule has 2 heteroatoms. The molecule has 0 unspecified atom stereocenters. The quantitative estimate of drug-likeness (QED) is 0.621. The number of nitrogens with zero attached hydrogens (tertiary/aromatic N) is 2. The van der Waals surface area contributed by atoms with E-state index in [1.54, 1.807) is 6.20 Å². The van der Waals surface area contributed by atoms with Crippen LogP contribution in [0.25, 0.3) is 6.08 Å². The van der Waals surface area contributed by atoms with Crippen LogP contribution in [0.4, 0.5) is 0 Å². The predicted molar refractivity (Wildman–Crippen MR) is 50.6 cm³/mol. The molecule has 1 aromatic rings. The topological polar surface area (TPSA) is 25.8 Å². The molecule has 1 heterocycles. The van der Waals surface area contributed by atoms with Crippen molar-refractivity contribution in [1.82, 2.24) is 10.2 Å². The Hall–Kier alpha value is -1.44. The second-order valence-electron chi connectivity index (χ2n) is 2.48. The maximum absolute atomic E-state index is 3.98. The molecular formula is C10H12N2. The minimum atomic E-state index is 0.926. The van der Waals surface area contributed by atoms with E-state index in [0.29, 0.717) is 0 Å². The number of rotatable bonds is 2. The Bertz CT molecular complexity index is 300. The van der Waals surface area contributed by atoms with Gasteiger partial charge in [-0.05, 0) is 31.6 Å². The molecule has 1 aromatic heterocycles. The average Bonchev–Trinajstić information content (AvgIpc) is 2.09. The number of hydrogen-bond donors (Lipinski definition) is 0. The molecule has 0 bridgehead atoms. The standard InChI is InChI=1S/C10H12N2/c1-3-4-5-6-10-9(2)7-8-11-12-10/h3-8H,1-2H3/b4-3-,6-5-. The Labute approximate surface area is 72.6 Å². The molecule has 0 saturated carbocycles. The van der Waals surface area contributed by atoms with Crippen LogP contribution in [0, 0.1) is 6.92 Å². The van der Waals surface area contributed by atoms with Crippen LogP contribution in [-0.4, -0.2) is 10.2 Å². The van der Waals surface area contributed by atoms with E-state index >= 15 is 0 Å². The van der Waals surface area contributed by atoms with Gasteiger partial charge in [-0.3, -0.25) is 0 Å². The zero-order valence-electron chi connectivity index (χ0n) is 7.36. The van der Waals surface area contributed by atoms with Crippen molar-refractivity contribution in [3.63, 3.8) is 0 Å². The summed E-state index contributed by atoms with van der Waals surface area (Å²) in [5.41, 5.74) is 2.07. The van der Waals surface area contributed by atoms with Gasteiger partial charge in [0.2, 0.25) is 0 Å². The van der Waals surface area contributed by atoms with Crippen LogP contribution in [0.5, 0.6) is 0 Å². The van der Waals surface area contributed by atoms with E-state index in [0.717, 1.165) is 11.3 Å². The lowest BCUT2D eigenvalue weighted by molar-refractivity contribution is 1.000. The summed E-state index contributed by atoms with van der Waals surface area (Å²) in [6.07, 6.45) is 9.54. The smallest absolute Gasteiger partial charge is 0.0886 e. The number of allylic oxidation sites excluding steroid dienone is 3. The molecule has 0 amide bonds. The molecule has 0 fully saturated rings. The van der Waals surface area contributed by atoms with Crippen molar-refractivity contribution >= 4 is 6.08 Å². The minimum Gasteiger partial charge on any atom is -0.159 e. The average molecular weight is 160 g/mol. The fraction of sp³-hybridized carbons (Fsp3) is 0.200. The van der Waals surface area contributed by atoms with Crippen LogP contribution in [0.15, 0.2) is 30.5 Å². The Morgan fingerprint density at radius 3 is 2.83 bits per heavy atom. The molecule has 0 radical (unpaired) electrons. The third-order valence-corrected chi connectivity index (χ3v) is 1.52. The SMILES string of the molecule is C/C=C\C=C/c1nnccc1C. The molecule has 0 atom stereocenters. The van der Waals surface area contributed by atoms with E-state index in [9.17, 15) is 0 Å². The molecule has 2 nitrogen and oxygen atoms in total. The predicted octanol–water partition coefficient (Wildman–Crippen LogP) is 2.37. The first-order valence-electron chi connectivity index (χ1n) is 3.92. The van der Waals surface area contributed by atoms with Crippen molar-refractivity contribution in [1.29, 1.82) is 0 Å². The van der Waals surface area contributed by atoms with E-state index in [1.807, 2.05) is 44.2 Å². The van der Waals surface area contributed by atoms with Crippen LogP contribution in [-0.2, 0) is 0 Å². The summed E-state index contributed by atoms with van der Waals surface area (Å²) < 4.78 is 0. The molecular weight excluding hydrogens is 148 g/mol. The molecule has 1 rings (SSSR count). The van der Waals surface area contributed by atoms with Crippen LogP contribution in [0.3, 0.4) is 0 Å². The van der Waals surface area contributed by atoms with Crippen molar-refractivity contribution < 1.29 is 0 Å². The Balaban J connectivity index is 2.82. The van der Waals surface area contributed by atoms with Crippen LogP contribution >= 0.6 is 0 Å². The monoisotopic (exact) mass is 160 g/mol. The van der Waals surface area contributed by atoms with Crippen molar-refractivity contribution in [3.05, 3.63) is 41.7 Å². The highest BCUT2D eigenvalue weighted by Gasteiger charge is 1.91. The highest BCUT2D eigenvalue weighted by Crippen LogP contribution is 2.03. The summed E-state index contributed by atoms with van der Waals surface area (Å²) >= 11 is 0. The molecule has 0 N–H and O–H groups in total. The molecule has 62 valence electrons. The normalized spacial score (nSPS) is 11.5. The van der Waals surface area contributed by atoms with Gasteiger partial charge < -0.3 is 0 Å². The lowest BCUT2D eigenvalue weighted by Crippen LogP contribution is -1.87. The Morgan fingerprint density at radius 1 is 1.33 bits per heavy atom. The second-order valence-corrected chi connectivity index (χ2v) is 2.48. The van der Waals surface area contributed by atoms with Crippen molar-refractivity contribution in [2.75, 3.05) is 0 Å². The van der Waals surface area contributed by atoms with E-state index < -0.39 is 0 Å². The largest absolute Gasteiger partial charge is 0.159 e. The fourth-order valence-electron chi connectivity index (χ4n) is 0.828. The van der Waals surface area contributed by atoms with Gasteiger partial charge in [0.15, 0.2) is 0 Å². The fourth-order valence-corrected chi connectivity index (χ4v) is 0.828. The molecule has 0 spiro atoms. The molecule has 0 aliphatic heterocycles. The van der Waals surface area contributed by atoms with E-state index in [2.05, 4.69) is 10.2 Å². The molecule has 12 heavy (non-hydrogen) atoms. The van der Waals surface area contributed by atoms with E-state index in [-0.39, 0.29) is 0 Å². The first-order valence-corrected chi connectivity index (χ1v) is 3.92. The van der Waals surface area contributed by atoms with Gasteiger partial charge in [-0.15, -0.1) is 0 Å². The summed E-state index contributed by atoms with van der Waals surface area (Å²) in [5.74, 6) is 0. The van der Waals surface area contributed by atoms with Crippen LogP contribution in [0.1, 0.15) is 18.2 Å². The molecule has 0 aliphatic rings. The maximum atomic E-state index is 3.98. The first-order chi connectivity index (χ1) is 5.84. The summed E-state index contributed by atoms with van der Waals surface area (Å²) in [6.45, 7) is 4.00. The third kappa shape index (κ3) is 2.31. The number of aryl methyl sites for hydroxylation is 1. The van der Waals surface area contributed by atoms with E-state index in [1.165, 1.54) is 0 Å². The van der Waals surface area contributed by atoms with Crippen molar-refractivity contribution in [2.24, 2.45) is 0 Å². The van der Waals surface area contributed by atoms with Crippen molar-refractivity contribution in [2.45, 2.75) is 13.8 Å². The lowest BCUT2D eigenvalue weighted by Gasteiger charge is -1.93. The maximum Gasteiger partial charge on any atom is 0.0886 e. The van der Waals surface area contributed by atoms with Gasteiger partial charge in [-0.1, -0.05) is 18.2 Å².